The van der Waals surface area contributed by atoms with Crippen LogP contribution >= 0.6 is 0 Å². The molecule has 0 saturated carbocycles. The number of nitrogens with one attached hydrogen (secondary N) is 2. The van der Waals surface area contributed by atoms with Crippen LogP contribution in [0.3, 0.4) is 0 Å². The van der Waals surface area contributed by atoms with Crippen molar-refractivity contribution in [1.82, 2.24) is 5.32 Å². The minimum absolute atomic E-state index is 0.00533. The van der Waals surface area contributed by atoms with E-state index >= 15 is 0 Å². The first-order valence-electron chi connectivity index (χ1n) is 7.28. The molecule has 0 fully saturated rings. The van der Waals surface area contributed by atoms with Crippen LogP contribution in [0.5, 0.6) is 0 Å². The number of alkyl halides is 3. The SMILES string of the molecule is CCC(C)NC(=O)C(C)(C)C(=O)Nc1cccc(C(F)(F)F)c1. The van der Waals surface area contributed by atoms with E-state index in [0.29, 0.717) is 6.42 Å². The fraction of sp³-hybridized carbons (Fsp3) is 0.500. The first-order chi connectivity index (χ1) is 10.5. The van der Waals surface area contributed by atoms with Crippen molar-refractivity contribution in [2.75, 3.05) is 5.32 Å². The van der Waals surface area contributed by atoms with Gasteiger partial charge in [-0.15, -0.1) is 0 Å². The van der Waals surface area contributed by atoms with Crippen molar-refractivity contribution in [1.29, 1.82) is 0 Å². The molecule has 7 heteroatoms. The van der Waals surface area contributed by atoms with Crippen LogP contribution in [-0.2, 0) is 15.8 Å². The summed E-state index contributed by atoms with van der Waals surface area (Å²) >= 11 is 0. The first kappa shape index (κ1) is 19.0. The first-order valence-corrected chi connectivity index (χ1v) is 7.28. The van der Waals surface area contributed by atoms with Gasteiger partial charge in [-0.25, -0.2) is 0 Å². The number of carbonyl (C=O) groups excluding carboxylic acids is 2. The summed E-state index contributed by atoms with van der Waals surface area (Å²) in [5, 5.41) is 5.06. The Labute approximate surface area is 133 Å². The van der Waals surface area contributed by atoms with Crippen molar-refractivity contribution in [3.8, 4) is 0 Å². The molecule has 0 heterocycles. The van der Waals surface area contributed by atoms with Crippen LogP contribution in [0.4, 0.5) is 18.9 Å². The Bertz CT molecular complexity index is 583. The molecule has 1 aromatic carbocycles. The predicted octanol–water partition coefficient (Wildman–Crippen LogP) is 3.58. The van der Waals surface area contributed by atoms with E-state index in [2.05, 4.69) is 10.6 Å². The van der Waals surface area contributed by atoms with Crippen molar-refractivity contribution in [3.05, 3.63) is 29.8 Å². The zero-order valence-electron chi connectivity index (χ0n) is 13.5. The molecular formula is C16H21F3N2O2. The molecule has 23 heavy (non-hydrogen) atoms. The Morgan fingerprint density at radius 2 is 1.78 bits per heavy atom. The summed E-state index contributed by atoms with van der Waals surface area (Å²) in [7, 11) is 0. The molecule has 0 radical (unpaired) electrons. The molecule has 2 amide bonds. The number of halogens is 3. The van der Waals surface area contributed by atoms with Crippen LogP contribution in [0.1, 0.15) is 39.7 Å². The third-order valence-electron chi connectivity index (χ3n) is 3.57. The Morgan fingerprint density at radius 1 is 1.17 bits per heavy atom. The minimum Gasteiger partial charge on any atom is -0.353 e. The maximum atomic E-state index is 12.7. The number of anilines is 1. The highest BCUT2D eigenvalue weighted by molar-refractivity contribution is 6.09. The lowest BCUT2D eigenvalue weighted by atomic mass is 9.90. The zero-order chi connectivity index (χ0) is 17.8. The second-order valence-corrected chi connectivity index (χ2v) is 5.94. The lowest BCUT2D eigenvalue weighted by Crippen LogP contribution is -2.47. The number of benzene rings is 1. The predicted molar refractivity (Wildman–Crippen MR) is 81.8 cm³/mol. The molecule has 0 aliphatic rings. The standard InChI is InChI=1S/C16H21F3N2O2/c1-5-10(2)20-13(22)15(3,4)14(23)21-12-8-6-7-11(9-12)16(17,18)19/h6-10H,5H2,1-4H3,(H,20,22)(H,21,23). The molecule has 0 bridgehead atoms. The van der Waals surface area contributed by atoms with E-state index in [1.165, 1.54) is 26.0 Å². The van der Waals surface area contributed by atoms with Crippen molar-refractivity contribution < 1.29 is 22.8 Å². The van der Waals surface area contributed by atoms with Crippen molar-refractivity contribution in [2.45, 2.75) is 46.3 Å². The van der Waals surface area contributed by atoms with Gasteiger partial charge in [0.1, 0.15) is 5.41 Å². The Hall–Kier alpha value is -2.05. The average molecular weight is 330 g/mol. The third kappa shape index (κ3) is 4.97. The summed E-state index contributed by atoms with van der Waals surface area (Å²) in [6, 6.07) is 4.19. The summed E-state index contributed by atoms with van der Waals surface area (Å²) < 4.78 is 38.0. The molecule has 0 aliphatic heterocycles. The normalized spacial score (nSPS) is 13.3. The van der Waals surface area contributed by atoms with Crippen molar-refractivity contribution >= 4 is 17.5 Å². The summed E-state index contributed by atoms with van der Waals surface area (Å²) in [4.78, 5) is 24.4. The molecule has 1 unspecified atom stereocenters. The lowest BCUT2D eigenvalue weighted by Gasteiger charge is -2.25. The number of rotatable bonds is 5. The number of hydrogen-bond acceptors (Lipinski definition) is 2. The largest absolute Gasteiger partial charge is 0.416 e. The van der Waals surface area contributed by atoms with Gasteiger partial charge in [0.25, 0.3) is 0 Å². The van der Waals surface area contributed by atoms with E-state index in [1.807, 2.05) is 6.92 Å². The molecule has 0 aliphatic carbocycles. The highest BCUT2D eigenvalue weighted by Crippen LogP contribution is 2.31. The van der Waals surface area contributed by atoms with Crippen LogP contribution < -0.4 is 10.6 Å². The molecule has 1 rings (SSSR count). The van der Waals surface area contributed by atoms with E-state index in [9.17, 15) is 22.8 Å². The summed E-state index contributed by atoms with van der Waals surface area (Å²) in [5.41, 5.74) is -2.27. The second-order valence-electron chi connectivity index (χ2n) is 5.94. The smallest absolute Gasteiger partial charge is 0.353 e. The molecule has 1 aromatic rings. The molecule has 4 nitrogen and oxygen atoms in total. The van der Waals surface area contributed by atoms with Crippen LogP contribution in [0, 0.1) is 5.41 Å². The maximum absolute atomic E-state index is 12.7. The van der Waals surface area contributed by atoms with E-state index in [4.69, 9.17) is 0 Å². The van der Waals surface area contributed by atoms with Gasteiger partial charge >= 0.3 is 6.18 Å². The topological polar surface area (TPSA) is 58.2 Å². The third-order valence-corrected chi connectivity index (χ3v) is 3.57. The van der Waals surface area contributed by atoms with E-state index < -0.39 is 29.0 Å². The number of hydrogen-bond donors (Lipinski definition) is 2. The average Bonchev–Trinajstić information content (AvgIpc) is 2.46. The molecule has 1 atom stereocenters. The Kier molecular flexibility index (Phi) is 5.80. The number of amides is 2. The van der Waals surface area contributed by atoms with Crippen LogP contribution in [0.2, 0.25) is 0 Å². The molecule has 0 aromatic heterocycles. The Balaban J connectivity index is 2.88. The van der Waals surface area contributed by atoms with Gasteiger partial charge < -0.3 is 10.6 Å². The molecule has 0 saturated heterocycles. The van der Waals surface area contributed by atoms with Gasteiger partial charge in [0.15, 0.2) is 0 Å². The quantitative estimate of drug-likeness (QED) is 0.811. The van der Waals surface area contributed by atoms with Gasteiger partial charge in [-0.3, -0.25) is 9.59 Å². The van der Waals surface area contributed by atoms with Gasteiger partial charge in [-0.2, -0.15) is 13.2 Å². The molecule has 0 spiro atoms. The van der Waals surface area contributed by atoms with E-state index in [-0.39, 0.29) is 11.7 Å². The van der Waals surface area contributed by atoms with Gasteiger partial charge in [-0.05, 0) is 45.4 Å². The van der Waals surface area contributed by atoms with Gasteiger partial charge in [0.2, 0.25) is 11.8 Å². The molecule has 128 valence electrons. The van der Waals surface area contributed by atoms with Crippen LogP contribution in [0.15, 0.2) is 24.3 Å². The van der Waals surface area contributed by atoms with E-state index in [1.54, 1.807) is 6.92 Å². The Morgan fingerprint density at radius 3 is 2.30 bits per heavy atom. The number of carbonyl (C=O) groups is 2. The van der Waals surface area contributed by atoms with Gasteiger partial charge in [0.05, 0.1) is 5.56 Å². The van der Waals surface area contributed by atoms with E-state index in [0.717, 1.165) is 12.1 Å². The highest BCUT2D eigenvalue weighted by Gasteiger charge is 2.37. The maximum Gasteiger partial charge on any atom is 0.416 e. The fourth-order valence-corrected chi connectivity index (χ4v) is 1.67. The monoisotopic (exact) mass is 330 g/mol. The van der Waals surface area contributed by atoms with Crippen molar-refractivity contribution in [3.63, 3.8) is 0 Å². The molecular weight excluding hydrogens is 309 g/mol. The van der Waals surface area contributed by atoms with Crippen LogP contribution in [-0.4, -0.2) is 17.9 Å². The summed E-state index contributed by atoms with van der Waals surface area (Å²) in [5.74, 6) is -1.14. The van der Waals surface area contributed by atoms with Gasteiger partial charge in [0, 0.05) is 11.7 Å². The lowest BCUT2D eigenvalue weighted by molar-refractivity contribution is -0.139. The van der Waals surface area contributed by atoms with Crippen molar-refractivity contribution in [2.24, 2.45) is 5.41 Å². The highest BCUT2D eigenvalue weighted by atomic mass is 19.4. The summed E-state index contributed by atoms with van der Waals surface area (Å²) in [6.07, 6.45) is -3.79. The summed E-state index contributed by atoms with van der Waals surface area (Å²) in [6.45, 7) is 6.54. The van der Waals surface area contributed by atoms with Gasteiger partial charge in [-0.1, -0.05) is 13.0 Å². The molecule has 2 N–H and O–H groups in total. The second kappa shape index (κ2) is 7.02. The minimum atomic E-state index is -4.50. The fourth-order valence-electron chi connectivity index (χ4n) is 1.67. The zero-order valence-corrected chi connectivity index (χ0v) is 13.5. The van der Waals surface area contributed by atoms with Crippen LogP contribution in [0.25, 0.3) is 0 Å².